The largest absolute Gasteiger partial charge is 0.506 e. The van der Waals surface area contributed by atoms with Crippen LogP contribution in [-0.2, 0) is 0 Å². The summed E-state index contributed by atoms with van der Waals surface area (Å²) in [5.74, 6) is -0.821. The van der Waals surface area contributed by atoms with Crippen molar-refractivity contribution in [2.75, 3.05) is 27.2 Å². The normalized spacial score (nSPS) is 11.0. The zero-order valence-corrected chi connectivity index (χ0v) is 12.2. The van der Waals surface area contributed by atoms with E-state index in [2.05, 4.69) is 10.3 Å². The third-order valence-corrected chi connectivity index (χ3v) is 3.26. The summed E-state index contributed by atoms with van der Waals surface area (Å²) >= 11 is 0. The van der Waals surface area contributed by atoms with Gasteiger partial charge in [0.05, 0.1) is 26.2 Å². The Balaban J connectivity index is 2.21. The second kappa shape index (κ2) is 6.41. The molecule has 0 saturated heterocycles. The Morgan fingerprint density at radius 1 is 1.33 bits per heavy atom. The van der Waals surface area contributed by atoms with Crippen molar-refractivity contribution in [2.24, 2.45) is 0 Å². The van der Waals surface area contributed by atoms with Gasteiger partial charge in [0.15, 0.2) is 0 Å². The van der Waals surface area contributed by atoms with Crippen LogP contribution in [0.2, 0.25) is 0 Å². The Labute approximate surface area is 122 Å². The summed E-state index contributed by atoms with van der Waals surface area (Å²) < 4.78 is 0. The SMILES string of the molecule is C[NH+](C)CCCNC(=O)c1c(O)c2ccccc2[nH]c1=O. The molecule has 0 fully saturated rings. The van der Waals surface area contributed by atoms with Gasteiger partial charge in [-0.2, -0.15) is 0 Å². The van der Waals surface area contributed by atoms with E-state index >= 15 is 0 Å². The van der Waals surface area contributed by atoms with Crippen LogP contribution in [0.3, 0.4) is 0 Å². The van der Waals surface area contributed by atoms with Crippen molar-refractivity contribution in [3.63, 3.8) is 0 Å². The van der Waals surface area contributed by atoms with Crippen LogP contribution in [0.25, 0.3) is 10.9 Å². The molecule has 0 aliphatic rings. The highest BCUT2D eigenvalue weighted by atomic mass is 16.3. The number of H-pyrrole nitrogens is 1. The minimum Gasteiger partial charge on any atom is -0.506 e. The van der Waals surface area contributed by atoms with Gasteiger partial charge in [0.2, 0.25) is 0 Å². The number of fused-ring (bicyclic) bond motifs is 1. The first-order valence-corrected chi connectivity index (χ1v) is 6.92. The van der Waals surface area contributed by atoms with Gasteiger partial charge in [0, 0.05) is 18.4 Å². The molecule has 112 valence electrons. The van der Waals surface area contributed by atoms with E-state index in [0.717, 1.165) is 13.0 Å². The van der Waals surface area contributed by atoms with Crippen LogP contribution in [0.1, 0.15) is 16.8 Å². The van der Waals surface area contributed by atoms with Crippen molar-refractivity contribution < 1.29 is 14.8 Å². The average molecular weight is 290 g/mol. The molecule has 21 heavy (non-hydrogen) atoms. The lowest BCUT2D eigenvalue weighted by Gasteiger charge is -2.09. The second-order valence-corrected chi connectivity index (χ2v) is 5.29. The van der Waals surface area contributed by atoms with E-state index < -0.39 is 11.5 Å². The average Bonchev–Trinajstić information content (AvgIpc) is 2.43. The molecule has 2 aromatic rings. The lowest BCUT2D eigenvalue weighted by Crippen LogP contribution is -3.05. The van der Waals surface area contributed by atoms with Gasteiger partial charge in [-0.15, -0.1) is 0 Å². The maximum atomic E-state index is 12.1. The minimum absolute atomic E-state index is 0.231. The summed E-state index contributed by atoms with van der Waals surface area (Å²) in [7, 11) is 4.06. The second-order valence-electron chi connectivity index (χ2n) is 5.29. The first kappa shape index (κ1) is 15.1. The smallest absolute Gasteiger partial charge is 0.265 e. The molecule has 6 heteroatoms. The van der Waals surface area contributed by atoms with E-state index in [1.165, 1.54) is 4.90 Å². The predicted octanol–water partition coefficient (Wildman–Crippen LogP) is -0.502. The van der Waals surface area contributed by atoms with Crippen LogP contribution in [0, 0.1) is 0 Å². The Hall–Kier alpha value is -2.34. The molecule has 0 aliphatic carbocycles. The van der Waals surface area contributed by atoms with E-state index in [-0.39, 0.29) is 11.3 Å². The van der Waals surface area contributed by atoms with E-state index in [9.17, 15) is 14.7 Å². The number of aromatic amines is 1. The molecule has 0 atom stereocenters. The topological polar surface area (TPSA) is 86.6 Å². The maximum absolute atomic E-state index is 12.1. The van der Waals surface area contributed by atoms with Crippen LogP contribution >= 0.6 is 0 Å². The molecular weight excluding hydrogens is 270 g/mol. The van der Waals surface area contributed by atoms with Crippen LogP contribution in [0.15, 0.2) is 29.1 Å². The molecule has 1 amide bonds. The molecule has 0 radical (unpaired) electrons. The molecule has 1 aromatic heterocycles. The van der Waals surface area contributed by atoms with E-state index in [1.54, 1.807) is 24.3 Å². The molecule has 0 saturated carbocycles. The lowest BCUT2D eigenvalue weighted by atomic mass is 10.1. The first-order valence-electron chi connectivity index (χ1n) is 6.92. The summed E-state index contributed by atoms with van der Waals surface area (Å²) in [6, 6.07) is 6.83. The van der Waals surface area contributed by atoms with Crippen molar-refractivity contribution in [3.05, 3.63) is 40.2 Å². The number of aromatic nitrogens is 1. The molecule has 2 rings (SSSR count). The van der Waals surface area contributed by atoms with Crippen molar-refractivity contribution in [1.82, 2.24) is 10.3 Å². The Morgan fingerprint density at radius 3 is 2.76 bits per heavy atom. The van der Waals surface area contributed by atoms with Gasteiger partial charge in [-0.3, -0.25) is 9.59 Å². The fourth-order valence-electron chi connectivity index (χ4n) is 2.17. The third-order valence-electron chi connectivity index (χ3n) is 3.26. The Morgan fingerprint density at radius 2 is 2.05 bits per heavy atom. The molecule has 1 aromatic carbocycles. The Bertz CT molecular complexity index is 707. The van der Waals surface area contributed by atoms with Gasteiger partial charge in [-0.1, -0.05) is 12.1 Å². The summed E-state index contributed by atoms with van der Waals surface area (Å²) in [5, 5.41) is 13.3. The number of hydrogen-bond donors (Lipinski definition) is 4. The zero-order valence-electron chi connectivity index (χ0n) is 12.2. The van der Waals surface area contributed by atoms with Crippen LogP contribution < -0.4 is 15.8 Å². The van der Waals surface area contributed by atoms with Crippen LogP contribution in [0.4, 0.5) is 0 Å². The molecule has 1 heterocycles. The summed E-state index contributed by atoms with van der Waals surface area (Å²) in [6.45, 7) is 1.38. The molecular formula is C15H20N3O3+. The summed E-state index contributed by atoms with van der Waals surface area (Å²) in [5.41, 5.74) is -0.305. The number of carbonyl (C=O) groups is 1. The van der Waals surface area contributed by atoms with Crippen molar-refractivity contribution in [3.8, 4) is 5.75 Å². The minimum atomic E-state index is -0.582. The number of benzene rings is 1. The molecule has 6 nitrogen and oxygen atoms in total. The number of aromatic hydroxyl groups is 1. The lowest BCUT2D eigenvalue weighted by molar-refractivity contribution is -0.858. The number of rotatable bonds is 5. The zero-order chi connectivity index (χ0) is 15.4. The highest BCUT2D eigenvalue weighted by Gasteiger charge is 2.18. The third kappa shape index (κ3) is 3.41. The molecule has 0 bridgehead atoms. The van der Waals surface area contributed by atoms with Gasteiger partial charge >= 0.3 is 0 Å². The number of nitrogens with one attached hydrogen (secondary N) is 3. The molecule has 4 N–H and O–H groups in total. The van der Waals surface area contributed by atoms with Gasteiger partial charge in [-0.25, -0.2) is 0 Å². The van der Waals surface area contributed by atoms with E-state index in [4.69, 9.17) is 0 Å². The van der Waals surface area contributed by atoms with Crippen molar-refractivity contribution in [2.45, 2.75) is 6.42 Å². The highest BCUT2D eigenvalue weighted by molar-refractivity contribution is 6.01. The van der Waals surface area contributed by atoms with Crippen LogP contribution in [0.5, 0.6) is 5.75 Å². The number of pyridine rings is 1. The fourth-order valence-corrected chi connectivity index (χ4v) is 2.17. The highest BCUT2D eigenvalue weighted by Crippen LogP contribution is 2.24. The van der Waals surface area contributed by atoms with Crippen LogP contribution in [-0.4, -0.2) is 43.2 Å². The summed E-state index contributed by atoms with van der Waals surface area (Å²) in [6.07, 6.45) is 0.806. The number of hydrogen-bond acceptors (Lipinski definition) is 3. The fraction of sp³-hybridized carbons (Fsp3) is 0.333. The summed E-state index contributed by atoms with van der Waals surface area (Å²) in [4.78, 5) is 27.9. The standard InChI is InChI=1S/C15H19N3O3/c1-18(2)9-5-8-16-14(20)12-13(19)10-6-3-4-7-11(10)17-15(12)21/h3-4,6-7H,5,8-9H2,1-2H3,(H,16,20)(H2,17,19,21)/p+1. The van der Waals surface area contributed by atoms with Crippen molar-refractivity contribution >= 4 is 16.8 Å². The number of para-hydroxylation sites is 1. The van der Waals surface area contributed by atoms with Gasteiger partial charge < -0.3 is 20.3 Å². The van der Waals surface area contributed by atoms with Gasteiger partial charge in [-0.05, 0) is 12.1 Å². The molecule has 0 spiro atoms. The number of carbonyl (C=O) groups excluding carboxylic acids is 1. The molecule has 0 unspecified atom stereocenters. The molecule has 0 aliphatic heterocycles. The Kier molecular flexibility index (Phi) is 4.59. The van der Waals surface area contributed by atoms with E-state index in [1.807, 2.05) is 14.1 Å². The van der Waals surface area contributed by atoms with Crippen molar-refractivity contribution in [1.29, 1.82) is 0 Å². The first-order chi connectivity index (χ1) is 10.0. The number of quaternary nitrogens is 1. The van der Waals surface area contributed by atoms with E-state index in [0.29, 0.717) is 17.4 Å². The monoisotopic (exact) mass is 290 g/mol. The quantitative estimate of drug-likeness (QED) is 0.560. The van der Waals surface area contributed by atoms with Gasteiger partial charge in [0.25, 0.3) is 11.5 Å². The maximum Gasteiger partial charge on any atom is 0.265 e. The predicted molar refractivity (Wildman–Crippen MR) is 80.9 cm³/mol. The van der Waals surface area contributed by atoms with Gasteiger partial charge in [0.1, 0.15) is 11.3 Å². The number of amides is 1.